The standard InChI is InChI=1S/C11H15ClN2O/c1-15-11-4-7-2-3-8(6-13)14-10(7)5-9(11)12/h4-5,8,14H,2-3,6,13H2,1H3. The van der Waals surface area contributed by atoms with Crippen molar-refractivity contribution in [1.29, 1.82) is 0 Å². The molecule has 1 aliphatic heterocycles. The molecule has 1 unspecified atom stereocenters. The van der Waals surface area contributed by atoms with Gasteiger partial charge in [0.25, 0.3) is 0 Å². The van der Waals surface area contributed by atoms with Gasteiger partial charge < -0.3 is 15.8 Å². The van der Waals surface area contributed by atoms with Crippen LogP contribution >= 0.6 is 11.6 Å². The molecule has 0 aliphatic carbocycles. The van der Waals surface area contributed by atoms with Crippen molar-refractivity contribution in [3.8, 4) is 5.75 Å². The van der Waals surface area contributed by atoms with Crippen LogP contribution in [0.25, 0.3) is 0 Å². The lowest BCUT2D eigenvalue weighted by molar-refractivity contribution is 0.414. The molecule has 0 amide bonds. The number of rotatable bonds is 2. The lowest BCUT2D eigenvalue weighted by Gasteiger charge is -2.26. The quantitative estimate of drug-likeness (QED) is 0.811. The SMILES string of the molecule is COc1cc2c(cc1Cl)NC(CN)CC2. The molecule has 2 rings (SSSR count). The van der Waals surface area contributed by atoms with E-state index in [4.69, 9.17) is 22.1 Å². The van der Waals surface area contributed by atoms with Gasteiger partial charge in [0.15, 0.2) is 0 Å². The number of nitrogens with two attached hydrogens (primary N) is 1. The first-order valence-electron chi connectivity index (χ1n) is 5.07. The van der Waals surface area contributed by atoms with Crippen LogP contribution in [0.3, 0.4) is 0 Å². The summed E-state index contributed by atoms with van der Waals surface area (Å²) >= 11 is 6.06. The lowest BCUT2D eigenvalue weighted by atomic mass is 9.98. The Morgan fingerprint density at radius 2 is 2.40 bits per heavy atom. The number of anilines is 1. The topological polar surface area (TPSA) is 47.3 Å². The molecular formula is C11H15ClN2O. The zero-order chi connectivity index (χ0) is 10.8. The molecule has 1 atom stereocenters. The van der Waals surface area contributed by atoms with Gasteiger partial charge in [-0.05, 0) is 30.5 Å². The van der Waals surface area contributed by atoms with Gasteiger partial charge in [0.05, 0.1) is 12.1 Å². The van der Waals surface area contributed by atoms with Gasteiger partial charge in [0, 0.05) is 18.3 Å². The first-order chi connectivity index (χ1) is 7.24. The molecule has 0 aromatic heterocycles. The molecule has 4 heteroatoms. The Hall–Kier alpha value is -0.930. The van der Waals surface area contributed by atoms with Crippen LogP contribution in [0.2, 0.25) is 5.02 Å². The fourth-order valence-electron chi connectivity index (χ4n) is 1.89. The summed E-state index contributed by atoms with van der Waals surface area (Å²) in [6.07, 6.45) is 2.09. The number of nitrogens with one attached hydrogen (secondary N) is 1. The monoisotopic (exact) mass is 226 g/mol. The van der Waals surface area contributed by atoms with Crippen molar-refractivity contribution in [2.75, 3.05) is 19.0 Å². The summed E-state index contributed by atoms with van der Waals surface area (Å²) in [6.45, 7) is 0.656. The summed E-state index contributed by atoms with van der Waals surface area (Å²) < 4.78 is 5.18. The normalized spacial score (nSPS) is 19.3. The van der Waals surface area contributed by atoms with E-state index in [9.17, 15) is 0 Å². The van der Waals surface area contributed by atoms with Gasteiger partial charge >= 0.3 is 0 Å². The van der Waals surface area contributed by atoms with Crippen molar-refractivity contribution < 1.29 is 4.74 Å². The number of hydrogen-bond acceptors (Lipinski definition) is 3. The number of fused-ring (bicyclic) bond motifs is 1. The van der Waals surface area contributed by atoms with Gasteiger partial charge in [-0.15, -0.1) is 0 Å². The second kappa shape index (κ2) is 4.29. The van der Waals surface area contributed by atoms with Gasteiger partial charge in [-0.1, -0.05) is 11.6 Å². The highest BCUT2D eigenvalue weighted by molar-refractivity contribution is 6.32. The second-order valence-electron chi connectivity index (χ2n) is 3.76. The molecule has 1 aliphatic rings. The molecule has 1 aromatic rings. The molecule has 3 nitrogen and oxygen atoms in total. The van der Waals surface area contributed by atoms with Crippen LogP contribution in [-0.4, -0.2) is 19.7 Å². The molecule has 1 heterocycles. The summed E-state index contributed by atoms with van der Waals surface area (Å²) in [5.74, 6) is 0.739. The van der Waals surface area contributed by atoms with Crippen molar-refractivity contribution in [3.63, 3.8) is 0 Å². The van der Waals surface area contributed by atoms with E-state index in [1.807, 2.05) is 12.1 Å². The molecule has 0 saturated carbocycles. The minimum absolute atomic E-state index is 0.363. The van der Waals surface area contributed by atoms with Crippen molar-refractivity contribution >= 4 is 17.3 Å². The maximum atomic E-state index is 6.06. The highest BCUT2D eigenvalue weighted by atomic mass is 35.5. The summed E-state index contributed by atoms with van der Waals surface area (Å²) in [5.41, 5.74) is 7.97. The summed E-state index contributed by atoms with van der Waals surface area (Å²) in [6, 6.07) is 4.27. The van der Waals surface area contributed by atoms with E-state index in [0.29, 0.717) is 17.6 Å². The van der Waals surface area contributed by atoms with E-state index in [1.165, 1.54) is 5.56 Å². The first-order valence-corrected chi connectivity index (χ1v) is 5.45. The highest BCUT2D eigenvalue weighted by Crippen LogP contribution is 2.34. The summed E-state index contributed by atoms with van der Waals surface area (Å²) in [4.78, 5) is 0. The van der Waals surface area contributed by atoms with Gasteiger partial charge in [-0.25, -0.2) is 0 Å². The number of ether oxygens (including phenoxy) is 1. The molecule has 0 saturated heterocycles. The van der Waals surface area contributed by atoms with Crippen molar-refractivity contribution in [3.05, 3.63) is 22.7 Å². The number of aryl methyl sites for hydroxylation is 1. The van der Waals surface area contributed by atoms with Gasteiger partial charge in [-0.2, -0.15) is 0 Å². The summed E-state index contributed by atoms with van der Waals surface area (Å²) in [7, 11) is 1.63. The molecule has 0 fully saturated rings. The highest BCUT2D eigenvalue weighted by Gasteiger charge is 2.18. The van der Waals surface area contributed by atoms with E-state index in [-0.39, 0.29) is 0 Å². The number of methoxy groups -OCH3 is 1. The van der Waals surface area contributed by atoms with Crippen molar-refractivity contribution in [2.24, 2.45) is 5.73 Å². The van der Waals surface area contributed by atoms with Crippen LogP contribution in [0.1, 0.15) is 12.0 Å². The molecule has 82 valence electrons. The van der Waals surface area contributed by atoms with Crippen LogP contribution in [0.15, 0.2) is 12.1 Å². The zero-order valence-electron chi connectivity index (χ0n) is 8.72. The third-order valence-corrected chi connectivity index (χ3v) is 3.08. The Balaban J connectivity index is 2.32. The number of hydrogen-bond donors (Lipinski definition) is 2. The van der Waals surface area contributed by atoms with Crippen LogP contribution in [-0.2, 0) is 6.42 Å². The summed E-state index contributed by atoms with van der Waals surface area (Å²) in [5, 5.41) is 4.01. The van der Waals surface area contributed by atoms with E-state index >= 15 is 0 Å². The maximum Gasteiger partial charge on any atom is 0.137 e. The smallest absolute Gasteiger partial charge is 0.137 e. The Bertz CT molecular complexity index is 368. The number of halogens is 1. The van der Waals surface area contributed by atoms with Crippen molar-refractivity contribution in [1.82, 2.24) is 0 Å². The average Bonchev–Trinajstić information content (AvgIpc) is 2.27. The van der Waals surface area contributed by atoms with Gasteiger partial charge in [0.2, 0.25) is 0 Å². The van der Waals surface area contributed by atoms with Crippen LogP contribution in [0, 0.1) is 0 Å². The molecule has 0 bridgehead atoms. The van der Waals surface area contributed by atoms with E-state index in [1.54, 1.807) is 7.11 Å². The van der Waals surface area contributed by atoms with E-state index in [0.717, 1.165) is 24.3 Å². The van der Waals surface area contributed by atoms with E-state index < -0.39 is 0 Å². The van der Waals surface area contributed by atoms with Crippen LogP contribution in [0.5, 0.6) is 5.75 Å². The first kappa shape index (κ1) is 10.6. The largest absolute Gasteiger partial charge is 0.495 e. The second-order valence-corrected chi connectivity index (χ2v) is 4.17. The van der Waals surface area contributed by atoms with Crippen molar-refractivity contribution in [2.45, 2.75) is 18.9 Å². The molecular weight excluding hydrogens is 212 g/mol. The predicted molar refractivity (Wildman–Crippen MR) is 62.8 cm³/mol. The Kier molecular flexibility index (Phi) is 3.03. The average molecular weight is 227 g/mol. The Labute approximate surface area is 94.6 Å². The van der Waals surface area contributed by atoms with E-state index in [2.05, 4.69) is 5.32 Å². The fraction of sp³-hybridized carbons (Fsp3) is 0.455. The maximum absolute atomic E-state index is 6.06. The predicted octanol–water partition coefficient (Wildman–Crippen LogP) is 2.03. The molecule has 3 N–H and O–H groups in total. The molecule has 1 aromatic carbocycles. The molecule has 0 radical (unpaired) electrons. The Morgan fingerprint density at radius 1 is 1.60 bits per heavy atom. The Morgan fingerprint density at radius 3 is 3.07 bits per heavy atom. The lowest BCUT2D eigenvalue weighted by Crippen LogP contribution is -2.32. The number of benzene rings is 1. The minimum Gasteiger partial charge on any atom is -0.495 e. The van der Waals surface area contributed by atoms with Crippen LogP contribution in [0.4, 0.5) is 5.69 Å². The van der Waals surface area contributed by atoms with Crippen LogP contribution < -0.4 is 15.8 Å². The zero-order valence-corrected chi connectivity index (χ0v) is 9.47. The van der Waals surface area contributed by atoms with Gasteiger partial charge in [-0.3, -0.25) is 0 Å². The molecule has 15 heavy (non-hydrogen) atoms. The third-order valence-electron chi connectivity index (χ3n) is 2.78. The fourth-order valence-corrected chi connectivity index (χ4v) is 2.13. The van der Waals surface area contributed by atoms with Gasteiger partial charge in [0.1, 0.15) is 5.75 Å². The minimum atomic E-state index is 0.363. The molecule has 0 spiro atoms. The third kappa shape index (κ3) is 2.03.